The average molecular weight is 330 g/mol. The topological polar surface area (TPSA) is 49.4 Å². The predicted octanol–water partition coefficient (Wildman–Crippen LogP) is 4.03. The van der Waals surface area contributed by atoms with E-state index >= 15 is 0 Å². The van der Waals surface area contributed by atoms with Crippen LogP contribution in [0.4, 0.5) is 5.69 Å². The Morgan fingerprint density at radius 3 is 2.33 bits per heavy atom. The van der Waals surface area contributed by atoms with E-state index in [9.17, 15) is 9.59 Å². The third-order valence-corrected chi connectivity index (χ3v) is 4.57. The Bertz CT molecular complexity index is 585. The van der Waals surface area contributed by atoms with E-state index in [-0.39, 0.29) is 17.7 Å². The van der Waals surface area contributed by atoms with Crippen LogP contribution in [0.2, 0.25) is 0 Å². The Kier molecular flexibility index (Phi) is 5.68. The Morgan fingerprint density at radius 1 is 1.17 bits per heavy atom. The van der Waals surface area contributed by atoms with E-state index in [1.807, 2.05) is 37.8 Å². The fraction of sp³-hybridized carbons (Fsp3) is 0.600. The smallest absolute Gasteiger partial charge is 0.229 e. The summed E-state index contributed by atoms with van der Waals surface area (Å²) in [6, 6.07) is 8.01. The molecule has 1 aromatic rings. The first-order chi connectivity index (χ1) is 11.2. The first-order valence-electron chi connectivity index (χ1n) is 8.88. The zero-order chi connectivity index (χ0) is 17.9. The lowest BCUT2D eigenvalue weighted by Crippen LogP contribution is -2.47. The molecule has 1 atom stereocenters. The summed E-state index contributed by atoms with van der Waals surface area (Å²) in [7, 11) is 0. The number of hydrogen-bond donors (Lipinski definition) is 1. The molecule has 4 nitrogen and oxygen atoms in total. The number of anilines is 1. The molecule has 1 aromatic carbocycles. The van der Waals surface area contributed by atoms with Gasteiger partial charge in [-0.3, -0.25) is 9.59 Å². The highest BCUT2D eigenvalue weighted by atomic mass is 16.2. The number of nitrogens with one attached hydrogen (secondary N) is 1. The monoisotopic (exact) mass is 330 g/mol. The van der Waals surface area contributed by atoms with Gasteiger partial charge >= 0.3 is 0 Å². The molecule has 1 saturated heterocycles. The maximum absolute atomic E-state index is 12.6. The number of carbonyl (C=O) groups excluding carboxylic acids is 2. The number of amides is 2. The van der Waals surface area contributed by atoms with E-state index < -0.39 is 5.41 Å². The number of rotatable bonds is 3. The number of benzene rings is 1. The molecule has 0 aliphatic carbocycles. The van der Waals surface area contributed by atoms with Gasteiger partial charge in [-0.15, -0.1) is 0 Å². The molecule has 0 spiro atoms. The van der Waals surface area contributed by atoms with Crippen LogP contribution in [0.25, 0.3) is 0 Å². The summed E-state index contributed by atoms with van der Waals surface area (Å²) in [5.74, 6) is 0.486. The number of carbonyl (C=O) groups is 2. The van der Waals surface area contributed by atoms with Crippen LogP contribution in [-0.2, 0) is 9.59 Å². The molecule has 24 heavy (non-hydrogen) atoms. The normalized spacial score (nSPS) is 18.6. The van der Waals surface area contributed by atoms with Gasteiger partial charge in [-0.25, -0.2) is 0 Å². The number of nitrogens with zero attached hydrogens (tertiary/aromatic N) is 1. The van der Waals surface area contributed by atoms with Gasteiger partial charge in [0.2, 0.25) is 11.8 Å². The van der Waals surface area contributed by atoms with Crippen molar-refractivity contribution in [3.05, 3.63) is 29.8 Å². The molecule has 0 aromatic heterocycles. The molecule has 1 aliphatic rings. The van der Waals surface area contributed by atoms with Crippen LogP contribution in [0.3, 0.4) is 0 Å². The van der Waals surface area contributed by atoms with Crippen LogP contribution in [0.5, 0.6) is 0 Å². The van der Waals surface area contributed by atoms with Crippen LogP contribution in [0.1, 0.15) is 58.9 Å². The summed E-state index contributed by atoms with van der Waals surface area (Å²) >= 11 is 0. The zero-order valence-corrected chi connectivity index (χ0v) is 15.6. The molecule has 4 heteroatoms. The van der Waals surface area contributed by atoms with Gasteiger partial charge in [0, 0.05) is 24.2 Å². The van der Waals surface area contributed by atoms with Crippen molar-refractivity contribution in [1.29, 1.82) is 0 Å². The van der Waals surface area contributed by atoms with Gasteiger partial charge in [-0.2, -0.15) is 0 Å². The third-order valence-electron chi connectivity index (χ3n) is 4.57. The third kappa shape index (κ3) is 4.59. The summed E-state index contributed by atoms with van der Waals surface area (Å²) < 4.78 is 0. The summed E-state index contributed by atoms with van der Waals surface area (Å²) in [6.45, 7) is 11.3. The molecule has 0 radical (unpaired) electrons. The van der Waals surface area contributed by atoms with Crippen molar-refractivity contribution in [2.75, 3.05) is 18.4 Å². The van der Waals surface area contributed by atoms with Gasteiger partial charge in [0.15, 0.2) is 0 Å². The molecule has 2 amide bonds. The molecule has 1 heterocycles. The van der Waals surface area contributed by atoms with E-state index in [1.165, 1.54) is 5.56 Å². The second-order valence-electron chi connectivity index (χ2n) is 8.11. The predicted molar refractivity (Wildman–Crippen MR) is 97.9 cm³/mol. The highest BCUT2D eigenvalue weighted by Crippen LogP contribution is 2.25. The fourth-order valence-corrected chi connectivity index (χ4v) is 3.05. The fourth-order valence-electron chi connectivity index (χ4n) is 3.05. The van der Waals surface area contributed by atoms with Gasteiger partial charge in [-0.1, -0.05) is 46.8 Å². The summed E-state index contributed by atoms with van der Waals surface area (Å²) in [6.07, 6.45) is 1.72. The molecule has 1 fully saturated rings. The van der Waals surface area contributed by atoms with Crippen molar-refractivity contribution < 1.29 is 9.59 Å². The van der Waals surface area contributed by atoms with E-state index in [1.54, 1.807) is 0 Å². The molecule has 0 bridgehead atoms. The maximum atomic E-state index is 12.6. The van der Waals surface area contributed by atoms with Gasteiger partial charge in [-0.05, 0) is 36.5 Å². The highest BCUT2D eigenvalue weighted by Gasteiger charge is 2.33. The van der Waals surface area contributed by atoms with Crippen molar-refractivity contribution in [2.24, 2.45) is 11.3 Å². The second-order valence-corrected chi connectivity index (χ2v) is 8.11. The molecular formula is C20H30N2O2. The lowest BCUT2D eigenvalue weighted by Gasteiger charge is -2.35. The summed E-state index contributed by atoms with van der Waals surface area (Å²) in [4.78, 5) is 26.8. The van der Waals surface area contributed by atoms with E-state index in [0.717, 1.165) is 25.1 Å². The molecule has 0 unspecified atom stereocenters. The molecule has 0 saturated carbocycles. The number of piperidine rings is 1. The average Bonchev–Trinajstić information content (AvgIpc) is 2.54. The minimum atomic E-state index is -0.398. The molecule has 2 rings (SSSR count). The summed E-state index contributed by atoms with van der Waals surface area (Å²) in [5, 5.41) is 3.00. The Balaban J connectivity index is 1.98. The molecule has 1 N–H and O–H groups in total. The van der Waals surface area contributed by atoms with Crippen molar-refractivity contribution in [1.82, 2.24) is 4.90 Å². The highest BCUT2D eigenvalue weighted by molar-refractivity contribution is 5.93. The quantitative estimate of drug-likeness (QED) is 0.909. The van der Waals surface area contributed by atoms with Gasteiger partial charge in [0.05, 0.1) is 5.92 Å². The van der Waals surface area contributed by atoms with E-state index in [0.29, 0.717) is 12.5 Å². The van der Waals surface area contributed by atoms with Crippen molar-refractivity contribution in [2.45, 2.75) is 53.4 Å². The van der Waals surface area contributed by atoms with E-state index in [4.69, 9.17) is 0 Å². The van der Waals surface area contributed by atoms with E-state index in [2.05, 4.69) is 31.3 Å². The Morgan fingerprint density at radius 2 is 1.79 bits per heavy atom. The lowest BCUT2D eigenvalue weighted by molar-refractivity contribution is -0.142. The first-order valence-corrected chi connectivity index (χ1v) is 8.88. The van der Waals surface area contributed by atoms with Gasteiger partial charge in [0.1, 0.15) is 0 Å². The number of likely N-dealkylation sites (tertiary alicyclic amines) is 1. The van der Waals surface area contributed by atoms with Crippen molar-refractivity contribution in [3.8, 4) is 0 Å². The van der Waals surface area contributed by atoms with Crippen molar-refractivity contribution >= 4 is 17.5 Å². The Labute approximate surface area is 145 Å². The minimum absolute atomic E-state index is 0.0127. The van der Waals surface area contributed by atoms with Gasteiger partial charge in [0.25, 0.3) is 0 Å². The lowest BCUT2D eigenvalue weighted by atomic mass is 9.91. The van der Waals surface area contributed by atoms with Crippen LogP contribution >= 0.6 is 0 Å². The Hall–Kier alpha value is -1.84. The molecule has 132 valence electrons. The second kappa shape index (κ2) is 7.37. The largest absolute Gasteiger partial charge is 0.341 e. The summed E-state index contributed by atoms with van der Waals surface area (Å²) in [5.41, 5.74) is 1.68. The minimum Gasteiger partial charge on any atom is -0.341 e. The van der Waals surface area contributed by atoms with Crippen LogP contribution < -0.4 is 5.32 Å². The van der Waals surface area contributed by atoms with Crippen LogP contribution in [-0.4, -0.2) is 29.8 Å². The standard InChI is InChI=1S/C20H30N2O2/c1-14(2)15-8-10-17(11-9-15)21-18(23)16-7-6-12-22(13-16)19(24)20(3,4)5/h8-11,14,16H,6-7,12-13H2,1-5H3,(H,21,23)/t16-/m0/s1. The van der Waals surface area contributed by atoms with Crippen LogP contribution in [0.15, 0.2) is 24.3 Å². The first kappa shape index (κ1) is 18.5. The SMILES string of the molecule is CC(C)c1ccc(NC(=O)[C@H]2CCCN(C(=O)C(C)(C)C)C2)cc1. The molecule has 1 aliphatic heterocycles. The number of hydrogen-bond acceptors (Lipinski definition) is 2. The zero-order valence-electron chi connectivity index (χ0n) is 15.6. The van der Waals surface area contributed by atoms with Crippen molar-refractivity contribution in [3.63, 3.8) is 0 Å². The van der Waals surface area contributed by atoms with Gasteiger partial charge < -0.3 is 10.2 Å². The maximum Gasteiger partial charge on any atom is 0.229 e. The molecular weight excluding hydrogens is 300 g/mol. The van der Waals surface area contributed by atoms with Crippen LogP contribution in [0, 0.1) is 11.3 Å².